The first-order valence-corrected chi connectivity index (χ1v) is 11.8. The molecule has 3 atom stereocenters. The molecule has 0 saturated heterocycles. The largest absolute Gasteiger partial charge is 0.469 e. The zero-order chi connectivity index (χ0) is 16.8. The van der Waals surface area contributed by atoms with E-state index in [2.05, 4.69) is 36.6 Å². The number of ether oxygens (including phenoxy) is 2. The molecule has 5 nitrogen and oxygen atoms in total. The van der Waals surface area contributed by atoms with E-state index in [4.69, 9.17) is 4.74 Å². The summed E-state index contributed by atoms with van der Waals surface area (Å²) in [6.45, 7) is 10.5. The molecule has 1 aliphatic rings. The lowest BCUT2D eigenvalue weighted by Crippen LogP contribution is -2.27. The fourth-order valence-corrected chi connectivity index (χ4v) is 6.72. The number of rotatable bonds is 9. The van der Waals surface area contributed by atoms with E-state index in [-0.39, 0.29) is 12.1 Å². The number of carbonyl (C=O) groups is 2. The Labute approximate surface area is 135 Å². The Morgan fingerprint density at radius 3 is 2.36 bits per heavy atom. The van der Waals surface area contributed by atoms with Gasteiger partial charge >= 0.3 is 12.1 Å². The van der Waals surface area contributed by atoms with E-state index < -0.39 is 8.07 Å². The van der Waals surface area contributed by atoms with Gasteiger partial charge in [-0.15, -0.1) is 0 Å². The SMILES string of the molecule is COC(=O)CCCCCNC(=O)OCC1C(C)C1[Si](C)(C)C. The summed E-state index contributed by atoms with van der Waals surface area (Å²) in [6, 6.07) is 0. The molecule has 1 N–H and O–H groups in total. The highest BCUT2D eigenvalue weighted by Crippen LogP contribution is 2.57. The van der Waals surface area contributed by atoms with Crippen LogP contribution in [0, 0.1) is 11.8 Å². The number of nitrogens with one attached hydrogen (secondary N) is 1. The molecule has 0 bridgehead atoms. The van der Waals surface area contributed by atoms with Crippen LogP contribution in [0.25, 0.3) is 0 Å². The van der Waals surface area contributed by atoms with Gasteiger partial charge in [0.25, 0.3) is 0 Å². The van der Waals surface area contributed by atoms with Gasteiger partial charge in [-0.2, -0.15) is 0 Å². The van der Waals surface area contributed by atoms with Gasteiger partial charge in [0.05, 0.1) is 13.7 Å². The maximum Gasteiger partial charge on any atom is 0.407 e. The van der Waals surface area contributed by atoms with E-state index in [0.717, 1.165) is 24.8 Å². The molecule has 0 aromatic carbocycles. The van der Waals surface area contributed by atoms with E-state index in [0.29, 0.717) is 31.4 Å². The van der Waals surface area contributed by atoms with Gasteiger partial charge in [0, 0.05) is 21.0 Å². The third kappa shape index (κ3) is 6.38. The molecule has 0 heterocycles. The minimum absolute atomic E-state index is 0.178. The lowest BCUT2D eigenvalue weighted by atomic mass is 10.2. The predicted molar refractivity (Wildman–Crippen MR) is 89.6 cm³/mol. The van der Waals surface area contributed by atoms with Crippen molar-refractivity contribution in [1.82, 2.24) is 5.32 Å². The summed E-state index contributed by atoms with van der Waals surface area (Å²) in [5.74, 6) is 1.07. The molecule has 0 radical (unpaired) electrons. The Hall–Kier alpha value is -1.04. The Bertz CT molecular complexity index is 381. The molecule has 0 aromatic rings. The second-order valence-electron chi connectivity index (χ2n) is 7.33. The summed E-state index contributed by atoms with van der Waals surface area (Å²) in [4.78, 5) is 22.6. The molecule has 1 fully saturated rings. The molecule has 1 saturated carbocycles. The quantitative estimate of drug-likeness (QED) is 0.400. The van der Waals surface area contributed by atoms with Crippen molar-refractivity contribution in [3.05, 3.63) is 0 Å². The first-order chi connectivity index (χ1) is 10.3. The van der Waals surface area contributed by atoms with Gasteiger partial charge in [-0.3, -0.25) is 4.79 Å². The van der Waals surface area contributed by atoms with Crippen LogP contribution in [-0.4, -0.2) is 40.4 Å². The summed E-state index contributed by atoms with van der Waals surface area (Å²) in [5.41, 5.74) is 0.777. The predicted octanol–water partition coefficient (Wildman–Crippen LogP) is 3.42. The maximum absolute atomic E-state index is 11.6. The van der Waals surface area contributed by atoms with Crippen molar-refractivity contribution < 1.29 is 19.1 Å². The van der Waals surface area contributed by atoms with Gasteiger partial charge in [0.2, 0.25) is 0 Å². The highest BCUT2D eigenvalue weighted by atomic mass is 28.3. The summed E-state index contributed by atoms with van der Waals surface area (Å²) in [6.07, 6.45) is 2.66. The second-order valence-corrected chi connectivity index (χ2v) is 12.7. The number of unbranched alkanes of at least 4 members (excludes halogenated alkanes) is 2. The van der Waals surface area contributed by atoms with Gasteiger partial charge < -0.3 is 14.8 Å². The minimum atomic E-state index is -1.12. The van der Waals surface area contributed by atoms with E-state index in [1.165, 1.54) is 7.11 Å². The standard InChI is InChI=1S/C16H31NO4Si/c1-12-13(15(12)22(3,4)5)11-21-16(19)17-10-8-6-7-9-14(18)20-2/h12-13,15H,6-11H2,1-5H3,(H,17,19). The van der Waals surface area contributed by atoms with Gasteiger partial charge in [0.15, 0.2) is 0 Å². The summed E-state index contributed by atoms with van der Waals surface area (Å²) < 4.78 is 9.89. The zero-order valence-corrected chi connectivity index (χ0v) is 15.6. The average molecular weight is 330 g/mol. The number of hydrogen-bond donors (Lipinski definition) is 1. The van der Waals surface area contributed by atoms with Crippen molar-refractivity contribution in [3.63, 3.8) is 0 Å². The molecular weight excluding hydrogens is 298 g/mol. The Morgan fingerprint density at radius 2 is 1.82 bits per heavy atom. The third-order valence-corrected chi connectivity index (χ3v) is 7.48. The van der Waals surface area contributed by atoms with Gasteiger partial charge in [-0.1, -0.05) is 33.0 Å². The van der Waals surface area contributed by atoms with Crippen molar-refractivity contribution in [2.24, 2.45) is 11.8 Å². The fourth-order valence-electron chi connectivity index (χ4n) is 3.32. The zero-order valence-electron chi connectivity index (χ0n) is 14.6. The lowest BCUT2D eigenvalue weighted by Gasteiger charge is -2.15. The first kappa shape index (κ1) is 19.0. The topological polar surface area (TPSA) is 64.6 Å². The van der Waals surface area contributed by atoms with Crippen LogP contribution in [0.15, 0.2) is 0 Å². The highest BCUT2D eigenvalue weighted by molar-refractivity contribution is 6.78. The number of alkyl carbamates (subject to hydrolysis) is 1. The van der Waals surface area contributed by atoms with E-state index in [1.807, 2.05) is 0 Å². The number of methoxy groups -OCH3 is 1. The van der Waals surface area contributed by atoms with Crippen molar-refractivity contribution in [2.45, 2.75) is 57.8 Å². The number of carbonyl (C=O) groups excluding carboxylic acids is 2. The second kappa shape index (κ2) is 8.55. The third-order valence-electron chi connectivity index (χ3n) is 4.52. The minimum Gasteiger partial charge on any atom is -0.469 e. The Morgan fingerprint density at radius 1 is 1.14 bits per heavy atom. The van der Waals surface area contributed by atoms with Crippen LogP contribution in [0.5, 0.6) is 0 Å². The van der Waals surface area contributed by atoms with Gasteiger partial charge in [0.1, 0.15) is 0 Å². The molecule has 0 aliphatic heterocycles. The van der Waals surface area contributed by atoms with Crippen LogP contribution in [0.1, 0.15) is 32.6 Å². The summed E-state index contributed by atoms with van der Waals surface area (Å²) >= 11 is 0. The van der Waals surface area contributed by atoms with Crippen molar-refractivity contribution >= 4 is 20.1 Å². The number of amides is 1. The summed E-state index contributed by atoms with van der Waals surface area (Å²) in [7, 11) is 0.272. The normalized spacial score (nSPS) is 23.8. The fraction of sp³-hybridized carbons (Fsp3) is 0.875. The van der Waals surface area contributed by atoms with Crippen LogP contribution in [0.3, 0.4) is 0 Å². The molecule has 0 spiro atoms. The smallest absolute Gasteiger partial charge is 0.407 e. The Kier molecular flexibility index (Phi) is 7.39. The average Bonchev–Trinajstić information content (AvgIpc) is 3.10. The molecule has 1 aliphatic carbocycles. The number of hydrogen-bond acceptors (Lipinski definition) is 4. The molecule has 22 heavy (non-hydrogen) atoms. The lowest BCUT2D eigenvalue weighted by molar-refractivity contribution is -0.140. The molecule has 1 amide bonds. The van der Waals surface area contributed by atoms with Crippen molar-refractivity contribution in [3.8, 4) is 0 Å². The van der Waals surface area contributed by atoms with Crippen LogP contribution in [-0.2, 0) is 14.3 Å². The molecule has 6 heteroatoms. The molecular formula is C16H31NO4Si. The van der Waals surface area contributed by atoms with E-state index in [1.54, 1.807) is 0 Å². The van der Waals surface area contributed by atoms with Crippen molar-refractivity contribution in [2.75, 3.05) is 20.3 Å². The Balaban J connectivity index is 2.02. The number of esters is 1. The molecule has 1 rings (SSSR count). The van der Waals surface area contributed by atoms with Crippen molar-refractivity contribution in [1.29, 1.82) is 0 Å². The monoisotopic (exact) mass is 329 g/mol. The summed E-state index contributed by atoms with van der Waals surface area (Å²) in [5, 5.41) is 2.77. The van der Waals surface area contributed by atoms with Crippen LogP contribution < -0.4 is 5.32 Å². The molecule has 0 aromatic heterocycles. The van der Waals surface area contributed by atoms with Crippen LogP contribution in [0.4, 0.5) is 4.79 Å². The molecule has 3 unspecified atom stereocenters. The van der Waals surface area contributed by atoms with Gasteiger partial charge in [-0.25, -0.2) is 4.79 Å². The van der Waals surface area contributed by atoms with E-state index in [9.17, 15) is 9.59 Å². The highest BCUT2D eigenvalue weighted by Gasteiger charge is 2.53. The van der Waals surface area contributed by atoms with Crippen LogP contribution in [0.2, 0.25) is 25.2 Å². The first-order valence-electron chi connectivity index (χ1n) is 8.24. The van der Waals surface area contributed by atoms with Gasteiger partial charge in [-0.05, 0) is 30.2 Å². The van der Waals surface area contributed by atoms with E-state index >= 15 is 0 Å². The maximum atomic E-state index is 11.6. The van der Waals surface area contributed by atoms with Crippen LogP contribution >= 0.6 is 0 Å². The molecule has 128 valence electrons.